The molecule has 2 heterocycles. The smallest absolute Gasteiger partial charge is 0.135 e. The van der Waals surface area contributed by atoms with Crippen molar-refractivity contribution in [2.24, 2.45) is 0 Å². The van der Waals surface area contributed by atoms with E-state index in [0.717, 1.165) is 29.2 Å². The molecule has 1 saturated carbocycles. The van der Waals surface area contributed by atoms with Crippen LogP contribution in [0.5, 0.6) is 0 Å². The molecular weight excluding hydrogens is 310 g/mol. The second kappa shape index (κ2) is 5.36. The summed E-state index contributed by atoms with van der Waals surface area (Å²) in [5, 5.41) is 7.67. The van der Waals surface area contributed by atoms with Crippen molar-refractivity contribution >= 4 is 33.1 Å². The van der Waals surface area contributed by atoms with Crippen molar-refractivity contribution in [3.63, 3.8) is 0 Å². The van der Waals surface area contributed by atoms with Gasteiger partial charge in [-0.05, 0) is 57.6 Å². The number of hydrogen-bond acceptors (Lipinski definition) is 4. The fourth-order valence-electron chi connectivity index (χ4n) is 1.82. The molecule has 18 heavy (non-hydrogen) atoms. The number of nitrogens with one attached hydrogen (secondary N) is 1. The Labute approximate surface area is 119 Å². The minimum Gasteiger partial charge on any atom is -0.370 e. The van der Waals surface area contributed by atoms with Crippen LogP contribution in [0.25, 0.3) is 0 Å². The lowest BCUT2D eigenvalue weighted by Crippen LogP contribution is -2.07. The summed E-state index contributed by atoms with van der Waals surface area (Å²) in [5.74, 6) is 2.48. The molecule has 0 unspecified atom stereocenters. The Hall–Kier alpha value is -0.940. The van der Waals surface area contributed by atoms with Crippen LogP contribution in [0.2, 0.25) is 0 Å². The van der Waals surface area contributed by atoms with Gasteiger partial charge in [-0.1, -0.05) is 0 Å². The summed E-state index contributed by atoms with van der Waals surface area (Å²) in [4.78, 5) is 8.99. The zero-order chi connectivity index (χ0) is 12.4. The summed E-state index contributed by atoms with van der Waals surface area (Å²) in [6.45, 7) is 0.907. The van der Waals surface area contributed by atoms with Gasteiger partial charge in [0, 0.05) is 18.5 Å². The van der Waals surface area contributed by atoms with Crippen LogP contribution in [0.3, 0.4) is 0 Å². The van der Waals surface area contributed by atoms with Gasteiger partial charge in [-0.2, -0.15) is 11.3 Å². The number of anilines is 1. The van der Waals surface area contributed by atoms with Crippen LogP contribution in [0.15, 0.2) is 27.5 Å². The quantitative estimate of drug-likeness (QED) is 0.850. The van der Waals surface area contributed by atoms with Crippen molar-refractivity contribution in [2.45, 2.75) is 25.2 Å². The first-order chi connectivity index (χ1) is 8.81. The lowest BCUT2D eigenvalue weighted by Gasteiger charge is -2.07. The minimum atomic E-state index is 0.583. The maximum Gasteiger partial charge on any atom is 0.135 e. The van der Waals surface area contributed by atoms with E-state index in [4.69, 9.17) is 0 Å². The van der Waals surface area contributed by atoms with Crippen molar-refractivity contribution in [1.29, 1.82) is 0 Å². The van der Waals surface area contributed by atoms with E-state index in [-0.39, 0.29) is 0 Å². The van der Waals surface area contributed by atoms with E-state index in [9.17, 15) is 0 Å². The van der Waals surface area contributed by atoms with Gasteiger partial charge in [0.15, 0.2) is 0 Å². The third-order valence-electron chi connectivity index (χ3n) is 2.95. The Kier molecular flexibility index (Phi) is 3.61. The van der Waals surface area contributed by atoms with Crippen molar-refractivity contribution in [3.05, 3.63) is 38.9 Å². The number of rotatable bonds is 5. The Morgan fingerprint density at radius 2 is 2.28 bits per heavy atom. The number of nitrogens with zero attached hydrogens (tertiary/aromatic N) is 2. The summed E-state index contributed by atoms with van der Waals surface area (Å²) in [6.07, 6.45) is 3.49. The maximum absolute atomic E-state index is 4.56. The maximum atomic E-state index is 4.56. The molecule has 1 fully saturated rings. The number of aromatic nitrogens is 2. The van der Waals surface area contributed by atoms with E-state index in [1.165, 1.54) is 18.4 Å². The fourth-order valence-corrected chi connectivity index (χ4v) is 2.92. The summed E-state index contributed by atoms with van der Waals surface area (Å²) in [6, 6.07) is 4.11. The average Bonchev–Trinajstić information content (AvgIpc) is 3.08. The van der Waals surface area contributed by atoms with Crippen molar-refractivity contribution in [3.8, 4) is 0 Å². The molecule has 1 N–H and O–H groups in total. The molecule has 0 atom stereocenters. The van der Waals surface area contributed by atoms with Crippen LogP contribution < -0.4 is 5.32 Å². The monoisotopic (exact) mass is 323 g/mol. The summed E-state index contributed by atoms with van der Waals surface area (Å²) >= 11 is 5.19. The highest BCUT2D eigenvalue weighted by Crippen LogP contribution is 2.38. The van der Waals surface area contributed by atoms with Gasteiger partial charge in [0.25, 0.3) is 0 Å². The van der Waals surface area contributed by atoms with Crippen LogP contribution >= 0.6 is 27.3 Å². The molecule has 0 saturated heterocycles. The van der Waals surface area contributed by atoms with Gasteiger partial charge in [-0.25, -0.2) is 9.97 Å². The van der Waals surface area contributed by atoms with Gasteiger partial charge >= 0.3 is 0 Å². The highest BCUT2D eigenvalue weighted by Gasteiger charge is 2.27. The van der Waals surface area contributed by atoms with Gasteiger partial charge in [0.05, 0.1) is 0 Å². The predicted molar refractivity (Wildman–Crippen MR) is 78.2 cm³/mol. The van der Waals surface area contributed by atoms with Crippen LogP contribution in [0.1, 0.15) is 30.1 Å². The molecule has 2 aromatic heterocycles. The normalized spacial score (nSPS) is 14.7. The molecule has 1 aliphatic carbocycles. The topological polar surface area (TPSA) is 37.8 Å². The van der Waals surface area contributed by atoms with E-state index in [0.29, 0.717) is 5.92 Å². The molecule has 5 heteroatoms. The largest absolute Gasteiger partial charge is 0.370 e. The van der Waals surface area contributed by atoms with Crippen molar-refractivity contribution in [2.75, 3.05) is 11.9 Å². The third-order valence-corrected chi connectivity index (χ3v) is 4.09. The van der Waals surface area contributed by atoms with Gasteiger partial charge in [-0.15, -0.1) is 0 Å². The van der Waals surface area contributed by atoms with Gasteiger partial charge in [0.2, 0.25) is 0 Å². The van der Waals surface area contributed by atoms with Gasteiger partial charge < -0.3 is 5.32 Å². The summed E-state index contributed by atoms with van der Waals surface area (Å²) < 4.78 is 0.873. The molecule has 1 aliphatic rings. The average molecular weight is 324 g/mol. The number of hydrogen-bond donors (Lipinski definition) is 1. The summed E-state index contributed by atoms with van der Waals surface area (Å²) in [5.41, 5.74) is 1.38. The predicted octanol–water partition coefficient (Wildman–Crippen LogP) is 3.83. The molecule has 94 valence electrons. The Bertz CT molecular complexity index is 523. The van der Waals surface area contributed by atoms with E-state index in [1.54, 1.807) is 11.3 Å². The first kappa shape index (κ1) is 12.1. The standard InChI is InChI=1S/C13H14BrN3S/c14-11-7-12(17-13(16-11)10-1-2-10)15-5-3-9-4-6-18-8-9/h4,6-8,10H,1-3,5H2,(H,15,16,17). The first-order valence-corrected chi connectivity index (χ1v) is 7.84. The molecule has 0 radical (unpaired) electrons. The van der Waals surface area contributed by atoms with Crippen LogP contribution in [-0.2, 0) is 6.42 Å². The molecule has 0 aliphatic heterocycles. The molecule has 3 rings (SSSR count). The molecule has 0 aromatic carbocycles. The molecule has 0 spiro atoms. The van der Waals surface area contributed by atoms with Crippen LogP contribution in [-0.4, -0.2) is 16.5 Å². The fraction of sp³-hybridized carbons (Fsp3) is 0.385. The lowest BCUT2D eigenvalue weighted by molar-refractivity contribution is 0.905. The van der Waals surface area contributed by atoms with Gasteiger partial charge in [-0.3, -0.25) is 0 Å². The highest BCUT2D eigenvalue weighted by molar-refractivity contribution is 9.10. The minimum absolute atomic E-state index is 0.583. The zero-order valence-electron chi connectivity index (χ0n) is 9.90. The molecule has 2 aromatic rings. The van der Waals surface area contributed by atoms with Crippen LogP contribution in [0.4, 0.5) is 5.82 Å². The number of halogens is 1. The SMILES string of the molecule is Brc1cc(NCCc2ccsc2)nc(C2CC2)n1. The first-order valence-electron chi connectivity index (χ1n) is 6.11. The third kappa shape index (κ3) is 3.09. The Morgan fingerprint density at radius 3 is 3.00 bits per heavy atom. The van der Waals surface area contributed by atoms with E-state index in [2.05, 4.69) is 48.0 Å². The van der Waals surface area contributed by atoms with Crippen LogP contribution in [0, 0.1) is 0 Å². The second-order valence-corrected chi connectivity index (χ2v) is 6.11. The Balaban J connectivity index is 1.61. The van der Waals surface area contributed by atoms with Crippen molar-refractivity contribution in [1.82, 2.24) is 9.97 Å². The summed E-state index contributed by atoms with van der Waals surface area (Å²) in [7, 11) is 0. The highest BCUT2D eigenvalue weighted by atomic mass is 79.9. The number of thiophene rings is 1. The Morgan fingerprint density at radius 1 is 1.39 bits per heavy atom. The molecule has 3 nitrogen and oxygen atoms in total. The van der Waals surface area contributed by atoms with Gasteiger partial charge in [0.1, 0.15) is 16.2 Å². The zero-order valence-corrected chi connectivity index (χ0v) is 12.3. The van der Waals surface area contributed by atoms with E-state index < -0.39 is 0 Å². The molecule has 0 amide bonds. The lowest BCUT2D eigenvalue weighted by atomic mass is 10.2. The molecular formula is C13H14BrN3S. The van der Waals surface area contributed by atoms with E-state index >= 15 is 0 Å². The van der Waals surface area contributed by atoms with Crippen molar-refractivity contribution < 1.29 is 0 Å². The molecule has 0 bridgehead atoms. The van der Waals surface area contributed by atoms with E-state index in [1.807, 2.05) is 6.07 Å². The second-order valence-electron chi connectivity index (χ2n) is 4.52.